The van der Waals surface area contributed by atoms with Crippen molar-refractivity contribution in [3.05, 3.63) is 43.3 Å². The van der Waals surface area contributed by atoms with Gasteiger partial charge in [-0.05, 0) is 57.8 Å². The highest BCUT2D eigenvalue weighted by Gasteiger charge is 2.41. The van der Waals surface area contributed by atoms with Crippen LogP contribution in [-0.2, 0) is 0 Å². The molecular weight excluding hydrogens is 468 g/mol. The lowest BCUT2D eigenvalue weighted by Gasteiger charge is -2.32. The molecule has 0 saturated heterocycles. The summed E-state index contributed by atoms with van der Waals surface area (Å²) in [6, 6.07) is 3.13. The number of carbonyl (C=O) groups excluding carboxylic acids is 4. The minimum atomic E-state index is -0.440. The Kier molecular flexibility index (Phi) is 3.82. The highest BCUT2D eigenvalue weighted by Crippen LogP contribution is 2.43. The quantitative estimate of drug-likeness (QED) is 0.617. The first-order valence-electron chi connectivity index (χ1n) is 8.04. The first kappa shape index (κ1) is 17.4. The van der Waals surface area contributed by atoms with Gasteiger partial charge >= 0.3 is 0 Å². The van der Waals surface area contributed by atoms with Gasteiger partial charge in [-0.1, -0.05) is 0 Å². The minimum Gasteiger partial charge on any atom is -0.275 e. The minimum absolute atomic E-state index is 0.225. The van der Waals surface area contributed by atoms with E-state index in [2.05, 4.69) is 31.9 Å². The van der Waals surface area contributed by atoms with E-state index in [0.29, 0.717) is 42.0 Å². The number of amides is 4. The van der Waals surface area contributed by atoms with Gasteiger partial charge in [-0.25, -0.2) is 0 Å². The topological polar surface area (TPSA) is 74.8 Å². The van der Waals surface area contributed by atoms with Crippen LogP contribution in [0, 0.1) is 0 Å². The first-order chi connectivity index (χ1) is 12.3. The predicted molar refractivity (Wildman–Crippen MR) is 101 cm³/mol. The van der Waals surface area contributed by atoms with Gasteiger partial charge in [0.2, 0.25) is 0 Å². The van der Waals surface area contributed by atoms with Gasteiger partial charge in [-0.15, -0.1) is 0 Å². The summed E-state index contributed by atoms with van der Waals surface area (Å²) in [7, 11) is 0. The average molecular weight is 480 g/mol. The Bertz CT molecular complexity index is 1000. The van der Waals surface area contributed by atoms with Crippen LogP contribution in [0.4, 0.5) is 0 Å². The molecule has 8 heteroatoms. The van der Waals surface area contributed by atoms with Gasteiger partial charge in [0.1, 0.15) is 0 Å². The Labute approximate surface area is 165 Å². The van der Waals surface area contributed by atoms with Crippen LogP contribution in [0.25, 0.3) is 10.8 Å². The van der Waals surface area contributed by atoms with Crippen molar-refractivity contribution in [1.82, 2.24) is 9.80 Å². The zero-order valence-corrected chi connectivity index (χ0v) is 17.0. The lowest BCUT2D eigenvalue weighted by Crippen LogP contribution is -2.43. The number of benzene rings is 2. The van der Waals surface area contributed by atoms with E-state index in [1.54, 1.807) is 26.0 Å². The molecule has 0 saturated carbocycles. The molecule has 2 aliphatic rings. The fraction of sp³-hybridized carbons (Fsp3) is 0.222. The highest BCUT2D eigenvalue weighted by molar-refractivity contribution is 9.11. The van der Waals surface area contributed by atoms with Crippen molar-refractivity contribution in [2.24, 2.45) is 0 Å². The number of nitrogens with zero attached hydrogens (tertiary/aromatic N) is 2. The molecule has 0 unspecified atom stereocenters. The van der Waals surface area contributed by atoms with Gasteiger partial charge in [0.15, 0.2) is 0 Å². The first-order valence-corrected chi connectivity index (χ1v) is 9.63. The van der Waals surface area contributed by atoms with Crippen molar-refractivity contribution in [2.75, 3.05) is 13.1 Å². The molecule has 2 aromatic rings. The standard InChI is InChI=1S/C18H12Br2N2O4/c1-3-21-15(23)7-5-9(19)12-14-11(7)8(16(21)24)6-10(20)13(14)18(26)22(4-2)17(12)25/h5-6H,3-4H2,1-2H3. The molecule has 4 rings (SSSR count). The maximum atomic E-state index is 12.9. The second-order valence-electron chi connectivity index (χ2n) is 6.02. The summed E-state index contributed by atoms with van der Waals surface area (Å²) < 4.78 is 0.861. The molecule has 0 radical (unpaired) electrons. The summed E-state index contributed by atoms with van der Waals surface area (Å²) >= 11 is 6.76. The van der Waals surface area contributed by atoms with E-state index in [-0.39, 0.29) is 13.1 Å². The summed E-state index contributed by atoms with van der Waals surface area (Å²) in [5.41, 5.74) is 1.22. The average Bonchev–Trinajstić information content (AvgIpc) is 2.59. The number of rotatable bonds is 2. The van der Waals surface area contributed by atoms with E-state index in [4.69, 9.17) is 0 Å². The van der Waals surface area contributed by atoms with Gasteiger partial charge in [-0.2, -0.15) is 0 Å². The van der Waals surface area contributed by atoms with Gasteiger partial charge < -0.3 is 0 Å². The van der Waals surface area contributed by atoms with Crippen LogP contribution in [0.5, 0.6) is 0 Å². The van der Waals surface area contributed by atoms with Gasteiger partial charge in [-0.3, -0.25) is 29.0 Å². The number of hydrogen-bond acceptors (Lipinski definition) is 4. The molecule has 0 aromatic heterocycles. The maximum Gasteiger partial charge on any atom is 0.262 e. The van der Waals surface area contributed by atoms with Crippen LogP contribution < -0.4 is 0 Å². The molecule has 0 aliphatic carbocycles. The van der Waals surface area contributed by atoms with Crippen molar-refractivity contribution in [3.8, 4) is 0 Å². The molecule has 2 heterocycles. The van der Waals surface area contributed by atoms with Crippen molar-refractivity contribution in [3.63, 3.8) is 0 Å². The monoisotopic (exact) mass is 478 g/mol. The van der Waals surface area contributed by atoms with E-state index in [9.17, 15) is 19.2 Å². The predicted octanol–water partition coefficient (Wildman–Crippen LogP) is 3.60. The largest absolute Gasteiger partial charge is 0.275 e. The molecule has 6 nitrogen and oxygen atoms in total. The molecule has 0 bridgehead atoms. The third kappa shape index (κ3) is 1.97. The molecule has 4 amide bonds. The Morgan fingerprint density at radius 3 is 1.46 bits per heavy atom. The molecule has 2 aliphatic heterocycles. The van der Waals surface area contributed by atoms with Crippen molar-refractivity contribution < 1.29 is 19.2 Å². The van der Waals surface area contributed by atoms with E-state index in [0.717, 1.165) is 9.80 Å². The zero-order valence-electron chi connectivity index (χ0n) is 13.9. The normalized spacial score (nSPS) is 16.2. The van der Waals surface area contributed by atoms with Gasteiger partial charge in [0.05, 0.1) is 11.1 Å². The van der Waals surface area contributed by atoms with Crippen LogP contribution in [0.2, 0.25) is 0 Å². The number of carbonyl (C=O) groups is 4. The van der Waals surface area contributed by atoms with Crippen LogP contribution in [-0.4, -0.2) is 46.5 Å². The van der Waals surface area contributed by atoms with Gasteiger partial charge in [0, 0.05) is 43.9 Å². The van der Waals surface area contributed by atoms with Gasteiger partial charge in [0.25, 0.3) is 23.6 Å². The Morgan fingerprint density at radius 1 is 0.692 bits per heavy atom. The summed E-state index contributed by atoms with van der Waals surface area (Å²) in [6.07, 6.45) is 0. The third-order valence-electron chi connectivity index (χ3n) is 4.81. The summed E-state index contributed by atoms with van der Waals surface area (Å²) in [5, 5.41) is 0.731. The lowest BCUT2D eigenvalue weighted by molar-refractivity contribution is 0.0596. The summed E-state index contributed by atoms with van der Waals surface area (Å²) in [6.45, 7) is 3.90. The SMILES string of the molecule is CCN1C(=O)c2cc(Br)c3c4c(c(Br)cc(c24)C1=O)C(=O)N(CC)C3=O. The van der Waals surface area contributed by atoms with Crippen molar-refractivity contribution >= 4 is 66.3 Å². The summed E-state index contributed by atoms with van der Waals surface area (Å²) in [5.74, 6) is -1.73. The van der Waals surface area contributed by atoms with E-state index >= 15 is 0 Å². The molecule has 0 N–H and O–H groups in total. The molecule has 26 heavy (non-hydrogen) atoms. The Balaban J connectivity index is 2.24. The number of imide groups is 2. The fourth-order valence-corrected chi connectivity index (χ4v) is 4.84. The van der Waals surface area contributed by atoms with Crippen LogP contribution in [0.3, 0.4) is 0 Å². The lowest BCUT2D eigenvalue weighted by atomic mass is 9.86. The third-order valence-corrected chi connectivity index (χ3v) is 6.06. The second-order valence-corrected chi connectivity index (χ2v) is 7.73. The molecule has 132 valence electrons. The maximum absolute atomic E-state index is 12.9. The molecule has 0 fully saturated rings. The van der Waals surface area contributed by atoms with E-state index < -0.39 is 23.6 Å². The van der Waals surface area contributed by atoms with E-state index in [1.165, 1.54) is 0 Å². The number of halogens is 2. The Hall–Kier alpha value is -2.06. The van der Waals surface area contributed by atoms with Crippen LogP contribution in [0.15, 0.2) is 21.1 Å². The number of hydrogen-bond donors (Lipinski definition) is 0. The van der Waals surface area contributed by atoms with E-state index in [1.807, 2.05) is 0 Å². The Morgan fingerprint density at radius 2 is 1.08 bits per heavy atom. The van der Waals surface area contributed by atoms with Crippen molar-refractivity contribution in [2.45, 2.75) is 13.8 Å². The van der Waals surface area contributed by atoms with Crippen LogP contribution in [0.1, 0.15) is 55.3 Å². The highest BCUT2D eigenvalue weighted by atomic mass is 79.9. The second kappa shape index (κ2) is 5.72. The summed E-state index contributed by atoms with van der Waals surface area (Å²) in [4.78, 5) is 53.6. The van der Waals surface area contributed by atoms with Crippen molar-refractivity contribution in [1.29, 1.82) is 0 Å². The molecule has 0 spiro atoms. The zero-order chi connectivity index (χ0) is 18.9. The molecule has 0 atom stereocenters. The molecular formula is C18H12Br2N2O4. The fourth-order valence-electron chi connectivity index (χ4n) is 3.65. The smallest absolute Gasteiger partial charge is 0.262 e. The van der Waals surface area contributed by atoms with Crippen LogP contribution >= 0.6 is 31.9 Å². The molecule has 2 aromatic carbocycles.